The third-order valence-corrected chi connectivity index (χ3v) is 6.93. The third-order valence-electron chi connectivity index (χ3n) is 6.02. The number of hydrogen-bond donors (Lipinski definition) is 2. The molecule has 5 rings (SSSR count). The normalized spacial score (nSPS) is 16.2. The molecule has 8 nitrogen and oxygen atoms in total. The van der Waals surface area contributed by atoms with Crippen LogP contribution in [0, 0.1) is 17.2 Å². The van der Waals surface area contributed by atoms with Crippen molar-refractivity contribution in [1.82, 2.24) is 14.9 Å². The maximum atomic E-state index is 12.3. The van der Waals surface area contributed by atoms with Gasteiger partial charge in [-0.05, 0) is 42.5 Å². The Balaban J connectivity index is 1.33. The summed E-state index contributed by atoms with van der Waals surface area (Å²) in [5.41, 5.74) is 3.17. The van der Waals surface area contributed by atoms with Crippen LogP contribution in [0.15, 0.2) is 29.6 Å². The number of anilines is 4. The van der Waals surface area contributed by atoms with Gasteiger partial charge in [0.05, 0.1) is 21.5 Å². The van der Waals surface area contributed by atoms with Gasteiger partial charge in [-0.1, -0.05) is 13.8 Å². The van der Waals surface area contributed by atoms with E-state index in [2.05, 4.69) is 26.6 Å². The van der Waals surface area contributed by atoms with Gasteiger partial charge in [0.25, 0.3) is 0 Å². The van der Waals surface area contributed by atoms with Gasteiger partial charge < -0.3 is 20.4 Å². The monoisotopic (exact) mass is 461 g/mol. The number of benzene rings is 1. The Bertz CT molecular complexity index is 1220. The van der Waals surface area contributed by atoms with E-state index in [9.17, 15) is 10.1 Å². The van der Waals surface area contributed by atoms with Crippen LogP contribution in [0.5, 0.6) is 0 Å². The van der Waals surface area contributed by atoms with E-state index in [1.807, 2.05) is 48.4 Å². The van der Waals surface area contributed by atoms with Crippen molar-refractivity contribution >= 4 is 50.6 Å². The molecule has 0 spiro atoms. The first kappa shape index (κ1) is 21.5. The van der Waals surface area contributed by atoms with Crippen molar-refractivity contribution in [3.05, 3.63) is 35.2 Å². The first-order valence-corrected chi connectivity index (χ1v) is 12.3. The molecule has 2 aliphatic rings. The standard InChI is InChI=1S/C24H27N7OS/c1-15(2)23(32)31-10-8-30(9-11-31)20-6-5-18(13-16(20)14-25)27-24-28-19-7-12-33-21(19)22(29-24)26-17-3-4-17/h5-7,12-13,15,17H,3-4,8-11H2,1-2H3,(H2,26,27,28,29). The lowest BCUT2D eigenvalue weighted by molar-refractivity contribution is -0.134. The van der Waals surface area contributed by atoms with Crippen LogP contribution in [0.3, 0.4) is 0 Å². The van der Waals surface area contributed by atoms with Crippen LogP contribution < -0.4 is 15.5 Å². The van der Waals surface area contributed by atoms with E-state index in [4.69, 9.17) is 4.98 Å². The Morgan fingerprint density at radius 1 is 1.18 bits per heavy atom. The Labute approximate surface area is 197 Å². The molecule has 0 radical (unpaired) electrons. The van der Waals surface area contributed by atoms with Gasteiger partial charge >= 0.3 is 0 Å². The molecule has 1 aliphatic heterocycles. The molecule has 1 amide bonds. The zero-order valence-electron chi connectivity index (χ0n) is 18.8. The van der Waals surface area contributed by atoms with Crippen molar-refractivity contribution in [3.63, 3.8) is 0 Å². The van der Waals surface area contributed by atoms with Gasteiger partial charge in [-0.25, -0.2) is 4.98 Å². The molecule has 0 unspecified atom stereocenters. The number of carbonyl (C=O) groups excluding carboxylic acids is 1. The summed E-state index contributed by atoms with van der Waals surface area (Å²) < 4.78 is 1.07. The number of thiophene rings is 1. The van der Waals surface area contributed by atoms with Crippen molar-refractivity contribution in [3.8, 4) is 6.07 Å². The second kappa shape index (κ2) is 8.87. The Morgan fingerprint density at radius 2 is 1.97 bits per heavy atom. The number of nitriles is 1. The maximum absolute atomic E-state index is 12.3. The highest BCUT2D eigenvalue weighted by atomic mass is 32.1. The van der Waals surface area contributed by atoms with E-state index >= 15 is 0 Å². The van der Waals surface area contributed by atoms with Crippen molar-refractivity contribution in [2.24, 2.45) is 5.92 Å². The highest BCUT2D eigenvalue weighted by molar-refractivity contribution is 7.17. The number of hydrogen-bond acceptors (Lipinski definition) is 8. The van der Waals surface area contributed by atoms with Crippen molar-refractivity contribution in [2.75, 3.05) is 41.7 Å². The fourth-order valence-corrected chi connectivity index (χ4v) is 4.86. The van der Waals surface area contributed by atoms with Crippen LogP contribution in [0.25, 0.3) is 10.2 Å². The molecule has 9 heteroatoms. The summed E-state index contributed by atoms with van der Waals surface area (Å²) >= 11 is 1.64. The number of rotatable bonds is 6. The molecular formula is C24H27N7OS. The molecular weight excluding hydrogens is 434 g/mol. The molecule has 1 aromatic carbocycles. The van der Waals surface area contributed by atoms with Gasteiger partial charge in [0, 0.05) is 43.8 Å². The maximum Gasteiger partial charge on any atom is 0.229 e. The average Bonchev–Trinajstić information content (AvgIpc) is 3.51. The van der Waals surface area contributed by atoms with Gasteiger partial charge in [-0.3, -0.25) is 4.79 Å². The second-order valence-electron chi connectivity index (χ2n) is 8.89. The SMILES string of the molecule is CC(C)C(=O)N1CCN(c2ccc(Nc3nc(NC4CC4)c4sccc4n3)cc2C#N)CC1. The summed E-state index contributed by atoms with van der Waals surface area (Å²) in [6.45, 7) is 6.64. The third kappa shape index (κ3) is 4.57. The minimum Gasteiger partial charge on any atom is -0.367 e. The quantitative estimate of drug-likeness (QED) is 0.568. The van der Waals surface area contributed by atoms with Crippen LogP contribution >= 0.6 is 11.3 Å². The molecule has 0 atom stereocenters. The number of aromatic nitrogens is 2. The van der Waals surface area contributed by atoms with Crippen molar-refractivity contribution < 1.29 is 4.79 Å². The molecule has 3 aromatic rings. The minimum atomic E-state index is 0.00656. The summed E-state index contributed by atoms with van der Waals surface area (Å²) in [7, 11) is 0. The van der Waals surface area contributed by atoms with Gasteiger partial charge in [-0.2, -0.15) is 10.2 Å². The molecule has 3 heterocycles. The first-order chi connectivity index (χ1) is 16.0. The number of carbonyl (C=O) groups is 1. The highest BCUT2D eigenvalue weighted by Gasteiger charge is 2.25. The second-order valence-corrected chi connectivity index (χ2v) is 9.80. The van der Waals surface area contributed by atoms with Crippen LogP contribution in [0.4, 0.5) is 23.1 Å². The van der Waals surface area contributed by atoms with Crippen LogP contribution in [-0.2, 0) is 4.79 Å². The molecule has 2 fully saturated rings. The fraction of sp³-hybridized carbons (Fsp3) is 0.417. The molecule has 1 saturated heterocycles. The molecule has 2 N–H and O–H groups in total. The number of fused-ring (bicyclic) bond motifs is 1. The minimum absolute atomic E-state index is 0.00656. The molecule has 0 bridgehead atoms. The lowest BCUT2D eigenvalue weighted by Crippen LogP contribution is -2.50. The number of amides is 1. The van der Waals surface area contributed by atoms with Crippen molar-refractivity contribution in [1.29, 1.82) is 5.26 Å². The summed E-state index contributed by atoms with van der Waals surface area (Å²) in [4.78, 5) is 25.7. The summed E-state index contributed by atoms with van der Waals surface area (Å²) in [5.74, 6) is 1.58. The predicted octanol–water partition coefficient (Wildman–Crippen LogP) is 4.19. The van der Waals surface area contributed by atoms with Gasteiger partial charge in [0.15, 0.2) is 0 Å². The van der Waals surface area contributed by atoms with E-state index in [1.165, 1.54) is 12.8 Å². The zero-order chi connectivity index (χ0) is 22.9. The zero-order valence-corrected chi connectivity index (χ0v) is 19.7. The molecule has 33 heavy (non-hydrogen) atoms. The summed E-state index contributed by atoms with van der Waals surface area (Å²) in [5, 5.41) is 18.6. The average molecular weight is 462 g/mol. The smallest absolute Gasteiger partial charge is 0.229 e. The van der Waals surface area contributed by atoms with E-state index in [1.54, 1.807) is 11.3 Å². The summed E-state index contributed by atoms with van der Waals surface area (Å²) in [6.07, 6.45) is 2.35. The van der Waals surface area contributed by atoms with Gasteiger partial charge in [0.1, 0.15) is 11.9 Å². The van der Waals surface area contributed by atoms with Crippen LogP contribution in [0.2, 0.25) is 0 Å². The number of nitrogens with zero attached hydrogens (tertiary/aromatic N) is 5. The lowest BCUT2D eigenvalue weighted by Gasteiger charge is -2.37. The Morgan fingerprint density at radius 3 is 2.67 bits per heavy atom. The summed E-state index contributed by atoms with van der Waals surface area (Å²) in [6, 6.07) is 10.6. The molecule has 1 saturated carbocycles. The lowest BCUT2D eigenvalue weighted by atomic mass is 10.1. The van der Waals surface area contributed by atoms with E-state index in [-0.39, 0.29) is 11.8 Å². The van der Waals surface area contributed by atoms with Gasteiger partial charge in [0.2, 0.25) is 11.9 Å². The van der Waals surface area contributed by atoms with E-state index in [0.717, 1.165) is 27.4 Å². The number of piperazine rings is 1. The van der Waals surface area contributed by atoms with Crippen LogP contribution in [0.1, 0.15) is 32.3 Å². The molecule has 1 aliphatic carbocycles. The Kier molecular flexibility index (Phi) is 5.77. The fourth-order valence-electron chi connectivity index (χ4n) is 4.08. The largest absolute Gasteiger partial charge is 0.367 e. The van der Waals surface area contributed by atoms with Crippen molar-refractivity contribution in [2.45, 2.75) is 32.7 Å². The first-order valence-electron chi connectivity index (χ1n) is 11.4. The molecule has 170 valence electrons. The van der Waals surface area contributed by atoms with E-state index in [0.29, 0.717) is 43.7 Å². The molecule has 2 aromatic heterocycles. The topological polar surface area (TPSA) is 97.2 Å². The Hall–Kier alpha value is -3.38. The predicted molar refractivity (Wildman–Crippen MR) is 132 cm³/mol. The van der Waals surface area contributed by atoms with Gasteiger partial charge in [-0.15, -0.1) is 11.3 Å². The highest BCUT2D eigenvalue weighted by Crippen LogP contribution is 2.33. The van der Waals surface area contributed by atoms with Crippen LogP contribution in [-0.4, -0.2) is 53.0 Å². The van der Waals surface area contributed by atoms with E-state index < -0.39 is 0 Å². The number of nitrogens with one attached hydrogen (secondary N) is 2.